The fraction of sp³-hybridized carbons (Fsp3) is 0.947. The van der Waals surface area contributed by atoms with Gasteiger partial charge in [0.25, 0.3) is 0 Å². The van der Waals surface area contributed by atoms with Gasteiger partial charge >= 0.3 is 17.9 Å². The minimum Gasteiger partial charge on any atom is -0.462 e. The standard InChI is InChI=1S/C57H110O6/c1-6-8-9-10-11-12-13-14-15-16-21-24-27-34-39-44-49-57(60)63-54(51-62-56(59)48-43-38-33-29-28-31-36-41-46-53(5)7-2)50-61-55(58)47-42-37-32-26-23-20-18-17-19-22-25-30-35-40-45-52(3)4/h52-54H,6-51H2,1-5H3/t53?,54-/m0/s1. The minimum absolute atomic E-state index is 0.0632. The zero-order chi connectivity index (χ0) is 46.1. The summed E-state index contributed by atoms with van der Waals surface area (Å²) < 4.78 is 16.9. The molecule has 0 aliphatic heterocycles. The number of esters is 3. The number of unbranched alkanes of at least 4 members (excludes halogenated alkanes) is 35. The second kappa shape index (κ2) is 49.8. The molecule has 0 radical (unpaired) electrons. The maximum atomic E-state index is 12.8. The molecule has 6 nitrogen and oxygen atoms in total. The van der Waals surface area contributed by atoms with E-state index in [0.717, 1.165) is 69.6 Å². The van der Waals surface area contributed by atoms with Gasteiger partial charge in [-0.2, -0.15) is 0 Å². The Kier molecular flexibility index (Phi) is 48.6. The Balaban J connectivity index is 4.29. The lowest BCUT2D eigenvalue weighted by atomic mass is 9.99. The minimum atomic E-state index is -0.763. The molecule has 0 N–H and O–H groups in total. The SMILES string of the molecule is CCCCCCCCCCCCCCCCCCC(=O)O[C@@H](COC(=O)CCCCCCCCCCCCCCCCC(C)C)COC(=O)CCCCCCCCCCC(C)CC. The lowest BCUT2D eigenvalue weighted by Crippen LogP contribution is -2.30. The van der Waals surface area contributed by atoms with Gasteiger partial charge in [0.2, 0.25) is 0 Å². The summed E-state index contributed by atoms with van der Waals surface area (Å²) in [7, 11) is 0. The van der Waals surface area contributed by atoms with Gasteiger partial charge in [-0.1, -0.05) is 279 Å². The van der Waals surface area contributed by atoms with E-state index in [4.69, 9.17) is 14.2 Å². The van der Waals surface area contributed by atoms with Crippen LogP contribution < -0.4 is 0 Å². The van der Waals surface area contributed by atoms with Gasteiger partial charge in [-0.05, 0) is 31.1 Å². The quantitative estimate of drug-likeness (QED) is 0.0344. The highest BCUT2D eigenvalue weighted by Crippen LogP contribution is 2.18. The van der Waals surface area contributed by atoms with Crippen LogP contribution in [-0.4, -0.2) is 37.2 Å². The van der Waals surface area contributed by atoms with Gasteiger partial charge < -0.3 is 14.2 Å². The molecule has 0 fully saturated rings. The molecule has 1 unspecified atom stereocenters. The highest BCUT2D eigenvalue weighted by Gasteiger charge is 2.19. The normalized spacial score (nSPS) is 12.5. The Hall–Kier alpha value is -1.59. The molecule has 0 aliphatic carbocycles. The van der Waals surface area contributed by atoms with E-state index < -0.39 is 6.10 Å². The van der Waals surface area contributed by atoms with Gasteiger partial charge in [-0.3, -0.25) is 14.4 Å². The summed E-state index contributed by atoms with van der Waals surface area (Å²) >= 11 is 0. The third kappa shape index (κ3) is 49.7. The van der Waals surface area contributed by atoms with Crippen LogP contribution in [-0.2, 0) is 28.6 Å². The largest absolute Gasteiger partial charge is 0.462 e. The average Bonchev–Trinajstić information content (AvgIpc) is 3.27. The Labute approximate surface area is 393 Å². The van der Waals surface area contributed by atoms with Crippen molar-refractivity contribution >= 4 is 17.9 Å². The zero-order valence-electron chi connectivity index (χ0n) is 43.2. The van der Waals surface area contributed by atoms with Crippen molar-refractivity contribution in [2.24, 2.45) is 11.8 Å². The third-order valence-corrected chi connectivity index (χ3v) is 13.3. The van der Waals surface area contributed by atoms with Gasteiger partial charge in [0.15, 0.2) is 6.10 Å². The summed E-state index contributed by atoms with van der Waals surface area (Å²) in [6, 6.07) is 0. The van der Waals surface area contributed by atoms with Crippen LogP contribution in [0.5, 0.6) is 0 Å². The van der Waals surface area contributed by atoms with Crippen molar-refractivity contribution in [1.82, 2.24) is 0 Å². The van der Waals surface area contributed by atoms with Gasteiger partial charge in [0, 0.05) is 19.3 Å². The molecular weight excluding hydrogens is 781 g/mol. The van der Waals surface area contributed by atoms with Gasteiger partial charge in [0.1, 0.15) is 13.2 Å². The Morgan fingerprint density at radius 2 is 0.603 bits per heavy atom. The number of carbonyl (C=O) groups excluding carboxylic acids is 3. The lowest BCUT2D eigenvalue weighted by Gasteiger charge is -2.18. The summed E-state index contributed by atoms with van der Waals surface area (Å²) in [5.74, 6) is 0.850. The second-order valence-electron chi connectivity index (χ2n) is 20.3. The van der Waals surface area contributed by atoms with Crippen molar-refractivity contribution in [3.8, 4) is 0 Å². The molecule has 0 bridgehead atoms. The first kappa shape index (κ1) is 61.4. The van der Waals surface area contributed by atoms with E-state index in [1.807, 2.05) is 0 Å². The van der Waals surface area contributed by atoms with E-state index in [2.05, 4.69) is 34.6 Å². The highest BCUT2D eigenvalue weighted by molar-refractivity contribution is 5.71. The Bertz CT molecular complexity index is 964. The maximum Gasteiger partial charge on any atom is 0.306 e. The van der Waals surface area contributed by atoms with Crippen molar-refractivity contribution in [2.75, 3.05) is 13.2 Å². The summed E-state index contributed by atoms with van der Waals surface area (Å²) in [5, 5.41) is 0. The van der Waals surface area contributed by atoms with Crippen molar-refractivity contribution in [3.63, 3.8) is 0 Å². The molecule has 0 spiro atoms. The predicted octanol–water partition coefficient (Wildman–Crippen LogP) is 18.5. The van der Waals surface area contributed by atoms with Crippen LogP contribution in [0.25, 0.3) is 0 Å². The van der Waals surface area contributed by atoms with Crippen LogP contribution in [0.2, 0.25) is 0 Å². The van der Waals surface area contributed by atoms with E-state index in [1.165, 1.54) is 205 Å². The smallest absolute Gasteiger partial charge is 0.306 e. The molecule has 0 amide bonds. The molecule has 374 valence electrons. The molecule has 6 heteroatoms. The molecule has 0 saturated carbocycles. The van der Waals surface area contributed by atoms with Crippen molar-refractivity contribution in [3.05, 3.63) is 0 Å². The molecule has 0 aromatic rings. The van der Waals surface area contributed by atoms with Crippen LogP contribution in [0.4, 0.5) is 0 Å². The first-order valence-electron chi connectivity index (χ1n) is 28.3. The molecule has 0 aromatic heterocycles. The van der Waals surface area contributed by atoms with Gasteiger partial charge in [0.05, 0.1) is 0 Å². The number of carbonyl (C=O) groups is 3. The monoisotopic (exact) mass is 891 g/mol. The highest BCUT2D eigenvalue weighted by atomic mass is 16.6. The number of ether oxygens (including phenoxy) is 3. The number of hydrogen-bond donors (Lipinski definition) is 0. The summed E-state index contributed by atoms with van der Waals surface area (Å²) in [5.41, 5.74) is 0. The summed E-state index contributed by atoms with van der Waals surface area (Å²) in [6.07, 6.45) is 52.3. The van der Waals surface area contributed by atoms with Crippen LogP contribution in [0.1, 0.15) is 317 Å². The van der Waals surface area contributed by atoms with Gasteiger partial charge in [-0.15, -0.1) is 0 Å². The number of rotatable bonds is 51. The predicted molar refractivity (Wildman–Crippen MR) is 270 cm³/mol. The zero-order valence-corrected chi connectivity index (χ0v) is 43.2. The topological polar surface area (TPSA) is 78.9 Å². The van der Waals surface area contributed by atoms with Crippen LogP contribution in [0.15, 0.2) is 0 Å². The van der Waals surface area contributed by atoms with E-state index >= 15 is 0 Å². The van der Waals surface area contributed by atoms with Crippen LogP contribution in [0, 0.1) is 11.8 Å². The van der Waals surface area contributed by atoms with Crippen LogP contribution >= 0.6 is 0 Å². The number of hydrogen-bond acceptors (Lipinski definition) is 6. The maximum absolute atomic E-state index is 12.8. The third-order valence-electron chi connectivity index (χ3n) is 13.3. The first-order valence-corrected chi connectivity index (χ1v) is 28.3. The van der Waals surface area contributed by atoms with E-state index in [-0.39, 0.29) is 31.1 Å². The molecule has 63 heavy (non-hydrogen) atoms. The molecule has 0 aromatic carbocycles. The molecular formula is C57H110O6. The Morgan fingerprint density at radius 3 is 0.905 bits per heavy atom. The summed E-state index contributed by atoms with van der Waals surface area (Å²) in [6.45, 7) is 11.4. The average molecular weight is 892 g/mol. The van der Waals surface area contributed by atoms with Gasteiger partial charge in [-0.25, -0.2) is 0 Å². The van der Waals surface area contributed by atoms with Crippen molar-refractivity contribution < 1.29 is 28.6 Å². The summed E-state index contributed by atoms with van der Waals surface area (Å²) in [4.78, 5) is 38.1. The molecule has 0 rings (SSSR count). The fourth-order valence-electron chi connectivity index (χ4n) is 8.66. The van der Waals surface area contributed by atoms with Crippen LogP contribution in [0.3, 0.4) is 0 Å². The van der Waals surface area contributed by atoms with E-state index in [0.29, 0.717) is 19.3 Å². The fourth-order valence-corrected chi connectivity index (χ4v) is 8.66. The molecule has 0 heterocycles. The molecule has 0 aliphatic rings. The van der Waals surface area contributed by atoms with Crippen molar-refractivity contribution in [2.45, 2.75) is 323 Å². The Morgan fingerprint density at radius 1 is 0.333 bits per heavy atom. The molecule has 2 atom stereocenters. The molecule has 0 saturated heterocycles. The second-order valence-corrected chi connectivity index (χ2v) is 20.3. The van der Waals surface area contributed by atoms with E-state index in [9.17, 15) is 14.4 Å². The first-order chi connectivity index (χ1) is 30.8. The lowest BCUT2D eigenvalue weighted by molar-refractivity contribution is -0.167. The van der Waals surface area contributed by atoms with E-state index in [1.54, 1.807) is 0 Å². The van der Waals surface area contributed by atoms with Crippen molar-refractivity contribution in [1.29, 1.82) is 0 Å².